The predicted octanol–water partition coefficient (Wildman–Crippen LogP) is 2.13. The van der Waals surface area contributed by atoms with Crippen molar-refractivity contribution in [2.24, 2.45) is 11.8 Å². The summed E-state index contributed by atoms with van der Waals surface area (Å²) in [5, 5.41) is 2.61. The normalized spacial score (nSPS) is 15.2. The Morgan fingerprint density at radius 1 is 1.37 bits per heavy atom. The Morgan fingerprint density at radius 2 is 2.05 bits per heavy atom. The van der Waals surface area contributed by atoms with Gasteiger partial charge in [0, 0.05) is 6.54 Å². The maximum absolute atomic E-state index is 12.8. The zero-order chi connectivity index (χ0) is 14.0. The molecule has 2 rings (SSSR count). The molecule has 0 radical (unpaired) electrons. The van der Waals surface area contributed by atoms with Crippen molar-refractivity contribution in [1.29, 1.82) is 0 Å². The minimum absolute atomic E-state index is 0.0991. The average molecular weight is 273 g/mol. The number of para-hydroxylation sites is 1. The number of carbonyl (C=O) groups excluding carboxylic acids is 1. The average Bonchev–Trinajstić information content (AvgIpc) is 3.17. The molecule has 4 nitrogen and oxygen atoms in total. The molecule has 1 aliphatic carbocycles. The zero-order valence-electron chi connectivity index (χ0n) is 10.1. The van der Waals surface area contributed by atoms with Crippen LogP contribution < -0.4 is 16.6 Å². The summed E-state index contributed by atoms with van der Waals surface area (Å²) in [7, 11) is 0. The summed E-state index contributed by atoms with van der Waals surface area (Å²) in [6.45, 7) is 0.485. The maximum Gasteiger partial charge on any atom is 0.418 e. The van der Waals surface area contributed by atoms with Gasteiger partial charge in [-0.05, 0) is 30.9 Å². The van der Waals surface area contributed by atoms with Crippen LogP contribution in [-0.4, -0.2) is 12.5 Å². The molecule has 19 heavy (non-hydrogen) atoms. The first-order valence-electron chi connectivity index (χ1n) is 5.88. The second-order valence-corrected chi connectivity index (χ2v) is 4.52. The minimum Gasteiger partial charge on any atom is -0.352 e. The number of amides is 1. The Bertz CT molecular complexity index is 484. The number of nitrogens with one attached hydrogen (secondary N) is 2. The molecule has 104 valence electrons. The summed E-state index contributed by atoms with van der Waals surface area (Å²) in [4.78, 5) is 11.9. The molecule has 0 aromatic heterocycles. The second-order valence-electron chi connectivity index (χ2n) is 4.52. The number of anilines is 1. The molecule has 1 amide bonds. The molecule has 0 bridgehead atoms. The lowest BCUT2D eigenvalue weighted by Crippen LogP contribution is -2.28. The van der Waals surface area contributed by atoms with Crippen LogP contribution in [0, 0.1) is 5.92 Å². The molecule has 0 spiro atoms. The van der Waals surface area contributed by atoms with E-state index in [-0.39, 0.29) is 5.56 Å². The summed E-state index contributed by atoms with van der Waals surface area (Å²) < 4.78 is 38.3. The highest BCUT2D eigenvalue weighted by atomic mass is 19.4. The van der Waals surface area contributed by atoms with Gasteiger partial charge in [-0.15, -0.1) is 0 Å². The fourth-order valence-corrected chi connectivity index (χ4v) is 1.79. The number of hydrogen-bond donors (Lipinski definition) is 3. The van der Waals surface area contributed by atoms with E-state index in [9.17, 15) is 18.0 Å². The van der Waals surface area contributed by atoms with Gasteiger partial charge < -0.3 is 10.7 Å². The molecule has 0 saturated heterocycles. The fourth-order valence-electron chi connectivity index (χ4n) is 1.79. The van der Waals surface area contributed by atoms with E-state index in [2.05, 4.69) is 5.32 Å². The van der Waals surface area contributed by atoms with E-state index < -0.39 is 23.3 Å². The summed E-state index contributed by atoms with van der Waals surface area (Å²) in [5.41, 5.74) is 0.525. The van der Waals surface area contributed by atoms with E-state index >= 15 is 0 Å². The lowest BCUT2D eigenvalue weighted by atomic mass is 10.1. The number of hydrogen-bond acceptors (Lipinski definition) is 3. The highest BCUT2D eigenvalue weighted by Gasteiger charge is 2.35. The van der Waals surface area contributed by atoms with Crippen LogP contribution >= 0.6 is 0 Å². The zero-order valence-corrected chi connectivity index (χ0v) is 10.1. The molecule has 1 aliphatic rings. The lowest BCUT2D eigenvalue weighted by molar-refractivity contribution is -0.137. The molecule has 7 heteroatoms. The quantitative estimate of drug-likeness (QED) is 0.581. The summed E-state index contributed by atoms with van der Waals surface area (Å²) in [6, 6.07) is 3.38. The Labute approximate surface area is 108 Å². The van der Waals surface area contributed by atoms with E-state index in [1.165, 1.54) is 12.1 Å². The molecule has 0 unspecified atom stereocenters. The predicted molar refractivity (Wildman–Crippen MR) is 64.3 cm³/mol. The van der Waals surface area contributed by atoms with Crippen molar-refractivity contribution in [1.82, 2.24) is 5.32 Å². The molecule has 0 heterocycles. The smallest absolute Gasteiger partial charge is 0.352 e. The molecule has 1 aromatic rings. The van der Waals surface area contributed by atoms with Crippen molar-refractivity contribution in [2.75, 3.05) is 12.0 Å². The monoisotopic (exact) mass is 273 g/mol. The Morgan fingerprint density at radius 3 is 2.58 bits per heavy atom. The van der Waals surface area contributed by atoms with Crippen molar-refractivity contribution in [3.8, 4) is 0 Å². The summed E-state index contributed by atoms with van der Waals surface area (Å²) in [5.74, 6) is 5.02. The van der Waals surface area contributed by atoms with E-state index in [0.717, 1.165) is 18.9 Å². The van der Waals surface area contributed by atoms with Gasteiger partial charge in [0.2, 0.25) is 0 Å². The van der Waals surface area contributed by atoms with Crippen LogP contribution in [0.4, 0.5) is 18.9 Å². The Kier molecular flexibility index (Phi) is 3.66. The van der Waals surface area contributed by atoms with Gasteiger partial charge in [-0.3, -0.25) is 10.6 Å². The highest BCUT2D eigenvalue weighted by Crippen LogP contribution is 2.36. The molecule has 1 aromatic carbocycles. The second kappa shape index (κ2) is 5.08. The largest absolute Gasteiger partial charge is 0.418 e. The maximum atomic E-state index is 12.8. The lowest BCUT2D eigenvalue weighted by Gasteiger charge is -2.16. The van der Waals surface area contributed by atoms with Crippen molar-refractivity contribution in [3.63, 3.8) is 0 Å². The van der Waals surface area contributed by atoms with E-state index in [1.54, 1.807) is 0 Å². The van der Waals surface area contributed by atoms with Gasteiger partial charge in [0.25, 0.3) is 5.91 Å². The third-order valence-corrected chi connectivity index (χ3v) is 3.01. The number of nitrogens with two attached hydrogens (primary N) is 1. The first-order chi connectivity index (χ1) is 8.93. The number of nitrogen functional groups attached to an aromatic ring is 1. The third kappa shape index (κ3) is 3.17. The van der Waals surface area contributed by atoms with Gasteiger partial charge in [-0.1, -0.05) is 6.07 Å². The first kappa shape index (κ1) is 13.7. The van der Waals surface area contributed by atoms with Crippen LogP contribution in [0.2, 0.25) is 0 Å². The van der Waals surface area contributed by atoms with E-state index in [4.69, 9.17) is 5.84 Å². The summed E-state index contributed by atoms with van der Waals surface area (Å²) >= 11 is 0. The summed E-state index contributed by atoms with van der Waals surface area (Å²) in [6.07, 6.45) is -2.47. The molecular formula is C12H14F3N3O. The molecule has 1 saturated carbocycles. The fraction of sp³-hybridized carbons (Fsp3) is 0.417. The van der Waals surface area contributed by atoms with Crippen LogP contribution in [0.3, 0.4) is 0 Å². The standard InChI is InChI=1S/C12H14F3N3O/c13-12(14,15)9-3-1-2-8(10(9)18-16)11(19)17-6-7-4-5-7/h1-3,7,18H,4-6,16H2,(H,17,19). The number of hydrazine groups is 1. The molecule has 0 atom stereocenters. The van der Waals surface area contributed by atoms with Gasteiger partial charge in [0.1, 0.15) is 0 Å². The van der Waals surface area contributed by atoms with Crippen LogP contribution in [0.25, 0.3) is 0 Å². The first-order valence-corrected chi connectivity index (χ1v) is 5.88. The number of rotatable bonds is 4. The van der Waals surface area contributed by atoms with Gasteiger partial charge in [-0.2, -0.15) is 13.2 Å². The topological polar surface area (TPSA) is 67.1 Å². The number of alkyl halides is 3. The number of halogens is 3. The Hall–Kier alpha value is -1.76. The molecule has 4 N–H and O–H groups in total. The SMILES string of the molecule is NNc1c(C(=O)NCC2CC2)cccc1C(F)(F)F. The van der Waals surface area contributed by atoms with E-state index in [1.807, 2.05) is 5.43 Å². The van der Waals surface area contributed by atoms with Gasteiger partial charge in [0.15, 0.2) is 0 Å². The Balaban J connectivity index is 2.25. The van der Waals surface area contributed by atoms with E-state index in [0.29, 0.717) is 12.5 Å². The molecular weight excluding hydrogens is 259 g/mol. The van der Waals surface area contributed by atoms with Crippen molar-refractivity contribution < 1.29 is 18.0 Å². The van der Waals surface area contributed by atoms with Crippen LogP contribution in [0.1, 0.15) is 28.8 Å². The number of benzene rings is 1. The molecule has 0 aliphatic heterocycles. The van der Waals surface area contributed by atoms with Crippen LogP contribution in [-0.2, 0) is 6.18 Å². The van der Waals surface area contributed by atoms with Crippen molar-refractivity contribution in [2.45, 2.75) is 19.0 Å². The molecule has 1 fully saturated rings. The van der Waals surface area contributed by atoms with Crippen molar-refractivity contribution in [3.05, 3.63) is 29.3 Å². The van der Waals surface area contributed by atoms with Gasteiger partial charge in [-0.25, -0.2) is 0 Å². The highest BCUT2D eigenvalue weighted by molar-refractivity contribution is 6.00. The van der Waals surface area contributed by atoms with Gasteiger partial charge in [0.05, 0.1) is 16.8 Å². The van der Waals surface area contributed by atoms with Crippen LogP contribution in [0.5, 0.6) is 0 Å². The number of carbonyl (C=O) groups is 1. The van der Waals surface area contributed by atoms with Crippen LogP contribution in [0.15, 0.2) is 18.2 Å². The van der Waals surface area contributed by atoms with Gasteiger partial charge >= 0.3 is 6.18 Å². The minimum atomic E-state index is -4.56. The third-order valence-electron chi connectivity index (χ3n) is 3.01. The van der Waals surface area contributed by atoms with Crippen molar-refractivity contribution >= 4 is 11.6 Å².